The summed E-state index contributed by atoms with van der Waals surface area (Å²) in [6, 6.07) is 1.94. The molecule has 8 heteroatoms. The van der Waals surface area contributed by atoms with Gasteiger partial charge in [-0.2, -0.15) is 0 Å². The average Bonchev–Trinajstić information content (AvgIpc) is 2.76. The van der Waals surface area contributed by atoms with Crippen molar-refractivity contribution in [1.29, 1.82) is 0 Å². The molecule has 1 aromatic rings. The molecule has 0 radical (unpaired) electrons. The fourth-order valence-electron chi connectivity index (χ4n) is 6.91. The number of nitrogens with one attached hydrogen (secondary N) is 1. The van der Waals surface area contributed by atoms with Gasteiger partial charge < -0.3 is 15.3 Å². The molecule has 1 saturated heterocycles. The number of rotatable bonds is 5. The van der Waals surface area contributed by atoms with Gasteiger partial charge in [0.2, 0.25) is 11.9 Å². The Morgan fingerprint density at radius 1 is 1.06 bits per heavy atom. The smallest absolute Gasteiger partial charge is 0.309 e. The number of hydrogen-bond acceptors (Lipinski definition) is 6. The minimum Gasteiger partial charge on any atom is -0.481 e. The molecule has 5 fully saturated rings. The van der Waals surface area contributed by atoms with Crippen LogP contribution in [0.3, 0.4) is 0 Å². The van der Waals surface area contributed by atoms with Crippen LogP contribution in [0.25, 0.3) is 0 Å². The minimum absolute atomic E-state index is 0.0683. The zero-order valence-electron chi connectivity index (χ0n) is 18.5. The highest BCUT2D eigenvalue weighted by Gasteiger charge is 2.59. The highest BCUT2D eigenvalue weighted by atomic mass is 16.4. The van der Waals surface area contributed by atoms with E-state index in [2.05, 4.69) is 25.1 Å². The predicted octanol–water partition coefficient (Wildman–Crippen LogP) is 1.77. The molecule has 1 aliphatic heterocycles. The minimum atomic E-state index is -0.628. The van der Waals surface area contributed by atoms with E-state index in [1.807, 2.05) is 19.9 Å². The lowest BCUT2D eigenvalue weighted by Crippen LogP contribution is -2.66. The number of hydrogen-bond donors (Lipinski definition) is 2. The van der Waals surface area contributed by atoms with E-state index in [0.717, 1.165) is 64.2 Å². The lowest BCUT2D eigenvalue weighted by molar-refractivity contribution is -0.168. The maximum absolute atomic E-state index is 13.4. The van der Waals surface area contributed by atoms with Gasteiger partial charge in [0.25, 0.3) is 0 Å². The Labute approximate surface area is 183 Å². The summed E-state index contributed by atoms with van der Waals surface area (Å²) in [4.78, 5) is 38.5. The van der Waals surface area contributed by atoms with Gasteiger partial charge in [-0.25, -0.2) is 9.97 Å². The quantitative estimate of drug-likeness (QED) is 0.739. The third-order valence-corrected chi connectivity index (χ3v) is 8.49. The van der Waals surface area contributed by atoms with Crippen LogP contribution in [0.1, 0.15) is 46.0 Å². The molecule has 1 amide bonds. The van der Waals surface area contributed by atoms with Gasteiger partial charge >= 0.3 is 5.97 Å². The monoisotopic (exact) mass is 427 g/mol. The maximum atomic E-state index is 13.4. The van der Waals surface area contributed by atoms with Crippen LogP contribution in [0.2, 0.25) is 0 Å². The second-order valence-electron chi connectivity index (χ2n) is 10.6. The van der Waals surface area contributed by atoms with E-state index < -0.39 is 16.9 Å². The van der Waals surface area contributed by atoms with Gasteiger partial charge in [0, 0.05) is 44.6 Å². The molecule has 0 spiro atoms. The summed E-state index contributed by atoms with van der Waals surface area (Å²) in [5.41, 5.74) is -1.15. The molecular weight excluding hydrogens is 394 g/mol. The zero-order chi connectivity index (χ0) is 21.8. The first kappa shape index (κ1) is 20.7. The number of aliphatic carboxylic acids is 1. The second kappa shape index (κ2) is 7.43. The lowest BCUT2D eigenvalue weighted by Gasteiger charge is -2.58. The van der Waals surface area contributed by atoms with E-state index >= 15 is 0 Å². The van der Waals surface area contributed by atoms with Crippen molar-refractivity contribution >= 4 is 17.8 Å². The van der Waals surface area contributed by atoms with E-state index in [1.54, 1.807) is 12.4 Å². The van der Waals surface area contributed by atoms with E-state index in [-0.39, 0.29) is 11.9 Å². The molecule has 1 aromatic heterocycles. The van der Waals surface area contributed by atoms with Crippen molar-refractivity contribution in [2.45, 2.75) is 57.5 Å². The maximum Gasteiger partial charge on any atom is 0.309 e. The van der Waals surface area contributed by atoms with Gasteiger partial charge in [0.15, 0.2) is 0 Å². The Bertz CT molecular complexity index is 836. The van der Waals surface area contributed by atoms with Crippen LogP contribution in [0.4, 0.5) is 5.95 Å². The van der Waals surface area contributed by atoms with Gasteiger partial charge in [-0.3, -0.25) is 14.5 Å². The first-order valence-corrected chi connectivity index (χ1v) is 11.6. The van der Waals surface area contributed by atoms with Crippen LogP contribution in [-0.2, 0) is 9.59 Å². The number of nitrogens with zero attached hydrogens (tertiary/aromatic N) is 4. The van der Waals surface area contributed by atoms with Gasteiger partial charge in [-0.1, -0.05) is 0 Å². The standard InChI is InChI=1S/C23H33N5O3/c1-22(2,28-8-6-27(7-9-28)21-24-4-3-5-25-21)19(29)26-18-16-10-15-11-17(18)14-23(12-15,13-16)20(30)31/h3-5,15-18H,6-14H2,1-2H3,(H,26,29)(H,30,31). The molecule has 4 aliphatic carbocycles. The Balaban J connectivity index is 1.22. The molecule has 5 aliphatic rings. The summed E-state index contributed by atoms with van der Waals surface area (Å²) in [7, 11) is 0. The summed E-state index contributed by atoms with van der Waals surface area (Å²) >= 11 is 0. The third kappa shape index (κ3) is 3.49. The lowest BCUT2D eigenvalue weighted by atomic mass is 9.48. The molecule has 8 nitrogen and oxygen atoms in total. The van der Waals surface area contributed by atoms with Crippen LogP contribution < -0.4 is 10.2 Å². The molecule has 2 heterocycles. The van der Waals surface area contributed by atoms with Gasteiger partial charge in [0.05, 0.1) is 11.0 Å². The van der Waals surface area contributed by atoms with Crippen molar-refractivity contribution in [3.8, 4) is 0 Å². The largest absolute Gasteiger partial charge is 0.481 e. The first-order chi connectivity index (χ1) is 14.8. The summed E-state index contributed by atoms with van der Waals surface area (Å²) < 4.78 is 0. The third-order valence-electron chi connectivity index (χ3n) is 8.49. The normalized spacial score (nSPS) is 35.2. The molecule has 4 bridgehead atoms. The predicted molar refractivity (Wildman–Crippen MR) is 115 cm³/mol. The van der Waals surface area contributed by atoms with Crippen LogP contribution in [0.15, 0.2) is 18.5 Å². The Kier molecular flexibility index (Phi) is 4.95. The van der Waals surface area contributed by atoms with Crippen molar-refractivity contribution in [1.82, 2.24) is 20.2 Å². The van der Waals surface area contributed by atoms with Gasteiger partial charge in [0.1, 0.15) is 0 Å². The molecule has 168 valence electrons. The number of aromatic nitrogens is 2. The molecule has 2 unspecified atom stereocenters. The Hall–Kier alpha value is -2.22. The van der Waals surface area contributed by atoms with E-state index in [9.17, 15) is 14.7 Å². The summed E-state index contributed by atoms with van der Waals surface area (Å²) in [6.45, 7) is 7.15. The Morgan fingerprint density at radius 2 is 1.68 bits per heavy atom. The number of carboxylic acid groups (broad SMARTS) is 1. The molecule has 0 aromatic carbocycles. The van der Waals surface area contributed by atoms with E-state index in [4.69, 9.17) is 0 Å². The first-order valence-electron chi connectivity index (χ1n) is 11.6. The number of carbonyl (C=O) groups is 2. The van der Waals surface area contributed by atoms with E-state index in [1.165, 1.54) is 0 Å². The van der Waals surface area contributed by atoms with Crippen LogP contribution in [0.5, 0.6) is 0 Å². The van der Waals surface area contributed by atoms with Crippen LogP contribution in [-0.4, -0.2) is 69.6 Å². The molecule has 2 atom stereocenters. The topological polar surface area (TPSA) is 98.7 Å². The highest BCUT2D eigenvalue weighted by molar-refractivity contribution is 5.86. The summed E-state index contributed by atoms with van der Waals surface area (Å²) in [5, 5.41) is 13.2. The summed E-state index contributed by atoms with van der Waals surface area (Å²) in [5.74, 6) is 1.30. The van der Waals surface area contributed by atoms with Crippen molar-refractivity contribution in [2.75, 3.05) is 31.1 Å². The van der Waals surface area contributed by atoms with Gasteiger partial charge in [-0.05, 0) is 69.8 Å². The van der Waals surface area contributed by atoms with Crippen LogP contribution in [0, 0.1) is 23.2 Å². The second-order valence-corrected chi connectivity index (χ2v) is 10.6. The molecule has 6 rings (SSSR count). The zero-order valence-corrected chi connectivity index (χ0v) is 18.5. The molecule has 2 N–H and O–H groups in total. The van der Waals surface area contributed by atoms with Gasteiger partial charge in [-0.15, -0.1) is 0 Å². The molecular formula is C23H33N5O3. The molecule has 4 saturated carbocycles. The number of amides is 1. The van der Waals surface area contributed by atoms with Crippen molar-refractivity contribution in [3.05, 3.63) is 18.5 Å². The van der Waals surface area contributed by atoms with Crippen molar-refractivity contribution in [3.63, 3.8) is 0 Å². The fraction of sp³-hybridized carbons (Fsp3) is 0.739. The number of carboxylic acids is 1. The fourth-order valence-corrected chi connectivity index (χ4v) is 6.91. The number of piperazine rings is 1. The average molecular weight is 428 g/mol. The van der Waals surface area contributed by atoms with Crippen molar-refractivity contribution in [2.24, 2.45) is 23.2 Å². The SMILES string of the molecule is CC(C)(C(=O)NC1C2CC3CC1CC(C(=O)O)(C3)C2)N1CCN(c2ncccn2)CC1. The van der Waals surface area contributed by atoms with Crippen molar-refractivity contribution < 1.29 is 14.7 Å². The number of carbonyl (C=O) groups excluding carboxylic acids is 1. The van der Waals surface area contributed by atoms with Crippen LogP contribution >= 0.6 is 0 Å². The highest BCUT2D eigenvalue weighted by Crippen LogP contribution is 2.60. The summed E-state index contributed by atoms with van der Waals surface area (Å²) in [6.07, 6.45) is 7.90. The molecule has 31 heavy (non-hydrogen) atoms. The Morgan fingerprint density at radius 3 is 2.26 bits per heavy atom. The van der Waals surface area contributed by atoms with E-state index in [0.29, 0.717) is 17.8 Å². The number of anilines is 1.